The molecule has 0 fully saturated rings. The van der Waals surface area contributed by atoms with E-state index in [1.54, 1.807) is 36.5 Å². The highest BCUT2D eigenvalue weighted by Crippen LogP contribution is 2.25. The maximum absolute atomic E-state index is 11.5. The molecule has 0 saturated carbocycles. The van der Waals surface area contributed by atoms with Crippen molar-refractivity contribution in [2.75, 3.05) is 17.7 Å². The summed E-state index contributed by atoms with van der Waals surface area (Å²) in [5, 5.41) is 7.53. The summed E-state index contributed by atoms with van der Waals surface area (Å²) in [6.07, 6.45) is 3.24. The van der Waals surface area contributed by atoms with Crippen LogP contribution in [0, 0.1) is 0 Å². The van der Waals surface area contributed by atoms with Crippen LogP contribution >= 0.6 is 0 Å². The summed E-state index contributed by atoms with van der Waals surface area (Å²) in [7, 11) is 1.36. The van der Waals surface area contributed by atoms with Gasteiger partial charge in [-0.1, -0.05) is 18.2 Å². The van der Waals surface area contributed by atoms with Gasteiger partial charge >= 0.3 is 5.97 Å². The number of carbonyl (C=O) groups excluding carboxylic acids is 1. The third-order valence-corrected chi connectivity index (χ3v) is 4.14. The van der Waals surface area contributed by atoms with Gasteiger partial charge in [-0.15, -0.1) is 0 Å². The molecule has 4 aromatic rings. The molecule has 0 unspecified atom stereocenters. The Morgan fingerprint density at radius 1 is 0.893 bits per heavy atom. The zero-order valence-corrected chi connectivity index (χ0v) is 15.1. The van der Waals surface area contributed by atoms with Crippen LogP contribution in [-0.4, -0.2) is 28.0 Å². The van der Waals surface area contributed by atoms with E-state index in [4.69, 9.17) is 4.74 Å². The van der Waals surface area contributed by atoms with Gasteiger partial charge in [-0.05, 0) is 36.4 Å². The lowest BCUT2D eigenvalue weighted by molar-refractivity contribution is 0.0601. The van der Waals surface area contributed by atoms with Gasteiger partial charge in [-0.3, -0.25) is 4.98 Å². The fourth-order valence-corrected chi connectivity index (χ4v) is 2.79. The van der Waals surface area contributed by atoms with Gasteiger partial charge in [0.05, 0.1) is 23.9 Å². The predicted molar refractivity (Wildman–Crippen MR) is 108 cm³/mol. The van der Waals surface area contributed by atoms with E-state index in [1.807, 2.05) is 30.3 Å². The molecular weight excluding hydrogens is 354 g/mol. The number of methoxy groups -OCH3 is 1. The lowest BCUT2D eigenvalue weighted by Crippen LogP contribution is -2.02. The van der Waals surface area contributed by atoms with E-state index >= 15 is 0 Å². The van der Waals surface area contributed by atoms with Crippen molar-refractivity contribution in [2.24, 2.45) is 0 Å². The van der Waals surface area contributed by atoms with Crippen molar-refractivity contribution in [3.05, 3.63) is 78.8 Å². The number of nitrogens with one attached hydrogen (secondary N) is 2. The monoisotopic (exact) mass is 371 g/mol. The average molecular weight is 371 g/mol. The smallest absolute Gasteiger partial charge is 0.337 e. The molecule has 0 amide bonds. The van der Waals surface area contributed by atoms with Gasteiger partial charge in [-0.2, -0.15) is 0 Å². The first kappa shape index (κ1) is 17.4. The number of anilines is 4. The van der Waals surface area contributed by atoms with Crippen molar-refractivity contribution in [1.29, 1.82) is 0 Å². The minimum atomic E-state index is -0.372. The fraction of sp³-hybridized carbons (Fsp3) is 0.0476. The number of fused-ring (bicyclic) bond motifs is 1. The van der Waals surface area contributed by atoms with Crippen LogP contribution in [0.2, 0.25) is 0 Å². The van der Waals surface area contributed by atoms with E-state index in [1.165, 1.54) is 13.4 Å². The molecule has 2 aromatic heterocycles. The minimum Gasteiger partial charge on any atom is -0.465 e. The van der Waals surface area contributed by atoms with E-state index in [0.717, 1.165) is 22.3 Å². The summed E-state index contributed by atoms with van der Waals surface area (Å²) in [4.78, 5) is 24.5. The molecule has 7 heteroatoms. The van der Waals surface area contributed by atoms with Gasteiger partial charge in [0.15, 0.2) is 0 Å². The molecule has 0 atom stereocenters. The second kappa shape index (κ2) is 7.71. The number of rotatable bonds is 5. The number of aromatic nitrogens is 3. The zero-order valence-electron chi connectivity index (χ0n) is 15.1. The third kappa shape index (κ3) is 3.73. The van der Waals surface area contributed by atoms with Crippen LogP contribution in [-0.2, 0) is 4.74 Å². The Labute approximate surface area is 161 Å². The number of hydrogen-bond donors (Lipinski definition) is 2. The highest BCUT2D eigenvalue weighted by atomic mass is 16.5. The SMILES string of the molecule is COC(=O)c1ccc(Nc2cc(Nc3cccc4cccnc34)ncn2)cc1. The Bertz CT molecular complexity index is 1120. The summed E-state index contributed by atoms with van der Waals surface area (Å²) in [6.45, 7) is 0. The van der Waals surface area contributed by atoms with E-state index in [9.17, 15) is 4.79 Å². The van der Waals surface area contributed by atoms with Crippen molar-refractivity contribution in [1.82, 2.24) is 15.0 Å². The summed E-state index contributed by atoms with van der Waals surface area (Å²) < 4.78 is 4.70. The number of pyridine rings is 1. The van der Waals surface area contributed by atoms with Crippen molar-refractivity contribution in [3.63, 3.8) is 0 Å². The highest BCUT2D eigenvalue weighted by Gasteiger charge is 2.06. The average Bonchev–Trinajstić information content (AvgIpc) is 2.74. The molecule has 0 aliphatic rings. The molecule has 2 aromatic carbocycles. The largest absolute Gasteiger partial charge is 0.465 e. The van der Waals surface area contributed by atoms with Crippen LogP contribution in [0.1, 0.15) is 10.4 Å². The Morgan fingerprint density at radius 2 is 1.64 bits per heavy atom. The van der Waals surface area contributed by atoms with Gasteiger partial charge in [0.25, 0.3) is 0 Å². The lowest BCUT2D eigenvalue weighted by atomic mass is 10.2. The number of esters is 1. The van der Waals surface area contributed by atoms with Crippen molar-refractivity contribution >= 4 is 39.9 Å². The molecule has 138 valence electrons. The van der Waals surface area contributed by atoms with E-state index in [-0.39, 0.29) is 5.97 Å². The summed E-state index contributed by atoms with van der Waals surface area (Å²) >= 11 is 0. The molecule has 0 aliphatic carbocycles. The molecule has 2 N–H and O–H groups in total. The summed E-state index contributed by atoms with van der Waals surface area (Å²) in [5.74, 6) is 0.891. The van der Waals surface area contributed by atoms with Crippen molar-refractivity contribution < 1.29 is 9.53 Å². The molecule has 2 heterocycles. The normalized spacial score (nSPS) is 10.5. The van der Waals surface area contributed by atoms with Crippen molar-refractivity contribution in [2.45, 2.75) is 0 Å². The Hall–Kier alpha value is -4.00. The number of para-hydroxylation sites is 1. The first-order chi connectivity index (χ1) is 13.7. The number of benzene rings is 2. The lowest BCUT2D eigenvalue weighted by Gasteiger charge is -2.10. The first-order valence-electron chi connectivity index (χ1n) is 8.61. The van der Waals surface area contributed by atoms with Gasteiger partial charge in [0, 0.05) is 23.3 Å². The molecule has 0 saturated heterocycles. The maximum Gasteiger partial charge on any atom is 0.337 e. The quantitative estimate of drug-likeness (QED) is 0.506. The molecule has 0 radical (unpaired) electrons. The van der Waals surface area contributed by atoms with E-state index in [0.29, 0.717) is 17.2 Å². The second-order valence-corrected chi connectivity index (χ2v) is 5.99. The molecule has 7 nitrogen and oxygen atoms in total. The molecule has 28 heavy (non-hydrogen) atoms. The summed E-state index contributed by atoms with van der Waals surface area (Å²) in [6, 6.07) is 18.6. The maximum atomic E-state index is 11.5. The molecule has 4 rings (SSSR count). The predicted octanol–water partition coefficient (Wildman–Crippen LogP) is 4.30. The molecule has 0 spiro atoms. The minimum absolute atomic E-state index is 0.372. The first-order valence-corrected chi connectivity index (χ1v) is 8.61. The molecular formula is C21H17N5O2. The number of hydrogen-bond acceptors (Lipinski definition) is 7. The Balaban J connectivity index is 1.54. The van der Waals surface area contributed by atoms with Gasteiger partial charge < -0.3 is 15.4 Å². The fourth-order valence-electron chi connectivity index (χ4n) is 2.79. The zero-order chi connectivity index (χ0) is 19.3. The van der Waals surface area contributed by atoms with Gasteiger partial charge in [0.1, 0.15) is 18.0 Å². The summed E-state index contributed by atoms with van der Waals surface area (Å²) in [5.41, 5.74) is 3.02. The van der Waals surface area contributed by atoms with Crippen LogP contribution < -0.4 is 10.6 Å². The third-order valence-electron chi connectivity index (χ3n) is 4.14. The number of carbonyl (C=O) groups is 1. The van der Waals surface area contributed by atoms with Gasteiger partial charge in [-0.25, -0.2) is 14.8 Å². The molecule has 0 aliphatic heterocycles. The molecule has 0 bridgehead atoms. The second-order valence-electron chi connectivity index (χ2n) is 5.99. The van der Waals surface area contributed by atoms with Crippen LogP contribution in [0.3, 0.4) is 0 Å². The van der Waals surface area contributed by atoms with E-state index < -0.39 is 0 Å². The van der Waals surface area contributed by atoms with Crippen LogP contribution in [0.15, 0.2) is 73.2 Å². The topological polar surface area (TPSA) is 89.0 Å². The van der Waals surface area contributed by atoms with Crippen LogP contribution in [0.5, 0.6) is 0 Å². The number of ether oxygens (including phenoxy) is 1. The van der Waals surface area contributed by atoms with Crippen LogP contribution in [0.4, 0.5) is 23.0 Å². The van der Waals surface area contributed by atoms with E-state index in [2.05, 4.69) is 25.6 Å². The van der Waals surface area contributed by atoms with Gasteiger partial charge in [0.2, 0.25) is 0 Å². The van der Waals surface area contributed by atoms with Crippen molar-refractivity contribution in [3.8, 4) is 0 Å². The Morgan fingerprint density at radius 3 is 2.43 bits per heavy atom. The standard InChI is InChI=1S/C21H17N5O2/c1-28-21(27)15-7-9-16(10-8-15)25-18-12-19(24-13-23-18)26-17-6-2-4-14-5-3-11-22-20(14)17/h2-13H,1H3,(H2,23,24,25,26). The van der Waals surface area contributed by atoms with Crippen LogP contribution in [0.25, 0.3) is 10.9 Å². The highest BCUT2D eigenvalue weighted by molar-refractivity contribution is 5.92. The Kier molecular flexibility index (Phi) is 4.79. The number of nitrogens with zero attached hydrogens (tertiary/aromatic N) is 3.